The summed E-state index contributed by atoms with van der Waals surface area (Å²) in [5, 5.41) is 0.696. The Morgan fingerprint density at radius 1 is 1.40 bits per heavy atom. The average Bonchev–Trinajstić information content (AvgIpc) is 2.78. The van der Waals surface area contributed by atoms with E-state index < -0.39 is 0 Å². The molecule has 1 atom stereocenters. The number of nitrogens with zero attached hydrogens (tertiary/aromatic N) is 2. The molecule has 0 amide bonds. The highest BCUT2D eigenvalue weighted by Crippen LogP contribution is 2.29. The van der Waals surface area contributed by atoms with Gasteiger partial charge in [-0.25, -0.2) is 4.98 Å². The van der Waals surface area contributed by atoms with E-state index in [1.165, 1.54) is 28.6 Å². The van der Waals surface area contributed by atoms with Crippen LogP contribution in [-0.4, -0.2) is 32.1 Å². The molecule has 1 unspecified atom stereocenters. The van der Waals surface area contributed by atoms with Crippen LogP contribution in [0, 0.1) is 0 Å². The third kappa shape index (κ3) is 2.79. The van der Waals surface area contributed by atoms with Gasteiger partial charge in [0.25, 0.3) is 0 Å². The molecule has 2 heterocycles. The van der Waals surface area contributed by atoms with Crippen molar-refractivity contribution in [3.8, 4) is 0 Å². The third-order valence-corrected chi connectivity index (χ3v) is 6.42. The lowest BCUT2D eigenvalue weighted by Gasteiger charge is -2.23. The van der Waals surface area contributed by atoms with Gasteiger partial charge in [0.05, 0.1) is 11.0 Å². The van der Waals surface area contributed by atoms with E-state index in [4.69, 9.17) is 10.7 Å². The van der Waals surface area contributed by atoms with Crippen LogP contribution in [0.25, 0.3) is 11.0 Å². The van der Waals surface area contributed by atoms with Crippen molar-refractivity contribution in [3.63, 3.8) is 0 Å². The van der Waals surface area contributed by atoms with Crippen molar-refractivity contribution in [1.82, 2.24) is 9.55 Å². The molecule has 0 saturated carbocycles. The first kappa shape index (κ1) is 14.1. The molecule has 3 nitrogen and oxygen atoms in total. The average molecular weight is 307 g/mol. The number of thioether (sulfide) groups is 2. The summed E-state index contributed by atoms with van der Waals surface area (Å²) in [7, 11) is 0. The second-order valence-electron chi connectivity index (χ2n) is 5.55. The first-order chi connectivity index (χ1) is 9.65. The molecule has 5 heteroatoms. The summed E-state index contributed by atoms with van der Waals surface area (Å²) in [5.74, 6) is 5.42. The van der Waals surface area contributed by atoms with Gasteiger partial charge in [-0.15, -0.1) is 0 Å². The Bertz CT molecular complexity index is 600. The predicted molar refractivity (Wildman–Crippen MR) is 91.8 cm³/mol. The number of fused-ring (bicyclic) bond motifs is 1. The number of aromatic nitrogens is 2. The Labute approximate surface area is 128 Å². The van der Waals surface area contributed by atoms with Crippen molar-refractivity contribution >= 4 is 40.2 Å². The highest BCUT2D eigenvalue weighted by molar-refractivity contribution is 8.06. The van der Waals surface area contributed by atoms with E-state index >= 15 is 0 Å². The SMILES string of the molecule is CC(C)c1nc2cc(N)ccc2n1CC1CSCCS1. The number of hydrogen-bond acceptors (Lipinski definition) is 4. The van der Waals surface area contributed by atoms with Gasteiger partial charge in [-0.2, -0.15) is 23.5 Å². The standard InChI is InChI=1S/C15H21N3S2/c1-10(2)15-17-13-7-11(16)3-4-14(13)18(15)8-12-9-19-5-6-20-12/h3-4,7,10,12H,5-6,8-9,16H2,1-2H3. The molecule has 2 aromatic rings. The van der Waals surface area contributed by atoms with Gasteiger partial charge in [-0.3, -0.25) is 0 Å². The fraction of sp³-hybridized carbons (Fsp3) is 0.533. The minimum atomic E-state index is 0.435. The fourth-order valence-corrected chi connectivity index (χ4v) is 5.30. The summed E-state index contributed by atoms with van der Waals surface area (Å²) in [4.78, 5) is 4.81. The van der Waals surface area contributed by atoms with Gasteiger partial charge in [-0.05, 0) is 18.2 Å². The lowest BCUT2D eigenvalue weighted by Crippen LogP contribution is -2.21. The largest absolute Gasteiger partial charge is 0.399 e. The Balaban J connectivity index is 1.99. The fourth-order valence-electron chi connectivity index (χ4n) is 2.64. The van der Waals surface area contributed by atoms with Crippen LogP contribution in [0.3, 0.4) is 0 Å². The summed E-state index contributed by atoms with van der Waals surface area (Å²) in [6.45, 7) is 5.49. The summed E-state index contributed by atoms with van der Waals surface area (Å²) in [5.41, 5.74) is 8.93. The lowest BCUT2D eigenvalue weighted by molar-refractivity contribution is 0.634. The number of benzene rings is 1. The van der Waals surface area contributed by atoms with Crippen molar-refractivity contribution < 1.29 is 0 Å². The minimum absolute atomic E-state index is 0.435. The molecule has 2 N–H and O–H groups in total. The molecule has 3 rings (SSSR count). The lowest BCUT2D eigenvalue weighted by atomic mass is 10.2. The normalized spacial score (nSPS) is 19.9. The number of imidazole rings is 1. The Kier molecular flexibility index (Phi) is 4.17. The molecular formula is C15H21N3S2. The maximum Gasteiger partial charge on any atom is 0.112 e. The van der Waals surface area contributed by atoms with Crippen molar-refractivity contribution in [2.75, 3.05) is 23.0 Å². The van der Waals surface area contributed by atoms with Gasteiger partial charge < -0.3 is 10.3 Å². The third-order valence-electron chi connectivity index (χ3n) is 3.59. The second kappa shape index (κ2) is 5.90. The molecule has 0 bridgehead atoms. The zero-order chi connectivity index (χ0) is 14.1. The highest BCUT2D eigenvalue weighted by Gasteiger charge is 2.20. The van der Waals surface area contributed by atoms with Crippen LogP contribution in [0.5, 0.6) is 0 Å². The van der Waals surface area contributed by atoms with E-state index in [9.17, 15) is 0 Å². The van der Waals surface area contributed by atoms with Crippen LogP contribution in [0.4, 0.5) is 5.69 Å². The van der Waals surface area contributed by atoms with Crippen LogP contribution in [-0.2, 0) is 6.54 Å². The molecule has 20 heavy (non-hydrogen) atoms. The van der Waals surface area contributed by atoms with E-state index in [0.29, 0.717) is 11.2 Å². The maximum atomic E-state index is 5.89. The van der Waals surface area contributed by atoms with Gasteiger partial charge in [0, 0.05) is 40.7 Å². The molecule has 1 aliphatic heterocycles. The maximum absolute atomic E-state index is 5.89. The second-order valence-corrected chi connectivity index (χ2v) is 8.11. The first-order valence-electron chi connectivity index (χ1n) is 7.10. The van der Waals surface area contributed by atoms with E-state index in [1.807, 2.05) is 12.1 Å². The zero-order valence-corrected chi connectivity index (χ0v) is 13.6. The monoisotopic (exact) mass is 307 g/mol. The summed E-state index contributed by atoms with van der Waals surface area (Å²) in [6.07, 6.45) is 0. The van der Waals surface area contributed by atoms with E-state index in [1.54, 1.807) is 0 Å². The molecule has 1 aromatic heterocycles. The first-order valence-corrected chi connectivity index (χ1v) is 9.30. The zero-order valence-electron chi connectivity index (χ0n) is 12.0. The smallest absolute Gasteiger partial charge is 0.112 e. The molecule has 108 valence electrons. The van der Waals surface area contributed by atoms with Gasteiger partial charge >= 0.3 is 0 Å². The molecule has 1 aromatic carbocycles. The van der Waals surface area contributed by atoms with Crippen LogP contribution in [0.1, 0.15) is 25.6 Å². The summed E-state index contributed by atoms with van der Waals surface area (Å²) >= 11 is 4.17. The quantitative estimate of drug-likeness (QED) is 0.880. The molecule has 0 radical (unpaired) electrons. The predicted octanol–water partition coefficient (Wildman–Crippen LogP) is 3.59. The molecular weight excluding hydrogens is 286 g/mol. The van der Waals surface area contributed by atoms with Crippen molar-refractivity contribution in [2.24, 2.45) is 0 Å². The van der Waals surface area contributed by atoms with Crippen LogP contribution in [0.2, 0.25) is 0 Å². The molecule has 1 saturated heterocycles. The number of rotatable bonds is 3. The number of hydrogen-bond donors (Lipinski definition) is 1. The van der Waals surface area contributed by atoms with Gasteiger partial charge in [-0.1, -0.05) is 13.8 Å². The van der Waals surface area contributed by atoms with E-state index in [2.05, 4.69) is 48.0 Å². The molecule has 0 aliphatic carbocycles. The topological polar surface area (TPSA) is 43.8 Å². The van der Waals surface area contributed by atoms with Gasteiger partial charge in [0.1, 0.15) is 5.82 Å². The highest BCUT2D eigenvalue weighted by atomic mass is 32.2. The van der Waals surface area contributed by atoms with Gasteiger partial charge in [0.15, 0.2) is 0 Å². The molecule has 1 fully saturated rings. The van der Waals surface area contributed by atoms with Crippen LogP contribution in [0.15, 0.2) is 18.2 Å². The summed E-state index contributed by atoms with van der Waals surface area (Å²) < 4.78 is 2.41. The van der Waals surface area contributed by atoms with Gasteiger partial charge in [0.2, 0.25) is 0 Å². The molecule has 1 aliphatic rings. The summed E-state index contributed by atoms with van der Waals surface area (Å²) in [6, 6.07) is 6.08. The van der Waals surface area contributed by atoms with Crippen molar-refractivity contribution in [1.29, 1.82) is 0 Å². The number of nitrogen functional groups attached to an aromatic ring is 1. The van der Waals surface area contributed by atoms with Crippen LogP contribution >= 0.6 is 23.5 Å². The minimum Gasteiger partial charge on any atom is -0.399 e. The van der Waals surface area contributed by atoms with E-state index in [-0.39, 0.29) is 0 Å². The van der Waals surface area contributed by atoms with Crippen molar-refractivity contribution in [3.05, 3.63) is 24.0 Å². The number of anilines is 1. The Morgan fingerprint density at radius 2 is 2.25 bits per heavy atom. The Hall–Kier alpha value is -0.810. The van der Waals surface area contributed by atoms with Crippen LogP contribution < -0.4 is 5.73 Å². The number of nitrogens with two attached hydrogens (primary N) is 1. The molecule has 0 spiro atoms. The Morgan fingerprint density at radius 3 is 2.95 bits per heavy atom. The van der Waals surface area contributed by atoms with E-state index in [0.717, 1.165) is 17.7 Å². The van der Waals surface area contributed by atoms with Crippen molar-refractivity contribution in [2.45, 2.75) is 31.6 Å².